The Kier molecular flexibility index (Phi) is 8.31. The van der Waals surface area contributed by atoms with Crippen LogP contribution in [0.5, 0.6) is 0 Å². The van der Waals surface area contributed by atoms with Gasteiger partial charge in [-0.3, -0.25) is 14.6 Å². The number of hydrogen-bond acceptors (Lipinski definition) is 7. The summed E-state index contributed by atoms with van der Waals surface area (Å²) in [5.41, 5.74) is 5.62. The van der Waals surface area contributed by atoms with Gasteiger partial charge in [0.25, 0.3) is 5.91 Å². The highest BCUT2D eigenvalue weighted by molar-refractivity contribution is 7.92. The molecule has 1 atom stereocenters. The van der Waals surface area contributed by atoms with Crippen LogP contribution in [0.4, 0.5) is 13.2 Å². The summed E-state index contributed by atoms with van der Waals surface area (Å²) in [7, 11) is -3.84. The van der Waals surface area contributed by atoms with E-state index < -0.39 is 45.9 Å². The molecule has 4 rings (SSSR count). The topological polar surface area (TPSA) is 142 Å². The number of amides is 1. The van der Waals surface area contributed by atoms with E-state index in [0.29, 0.717) is 11.1 Å². The molecule has 4 N–H and O–H groups in total. The average Bonchev–Trinajstić information content (AvgIpc) is 3.22. The van der Waals surface area contributed by atoms with Crippen LogP contribution in [0.25, 0.3) is 6.08 Å². The average molecular weight is 579 g/mol. The van der Waals surface area contributed by atoms with E-state index >= 15 is 0 Å². The van der Waals surface area contributed by atoms with Gasteiger partial charge in [-0.2, -0.15) is 17.5 Å². The molecular formula is C27H29F3N4O5S. The highest BCUT2D eigenvalue weighted by atomic mass is 32.2. The standard InChI is InChI=1S/C27H29F3N4O5S/c1-17-13-18(14-23(36)22(31)16-35)5-6-19(17)7-12-40(38,39)34-10-8-26(9-11-34)25(37)32-24(33-26)20-3-2-4-21(15-20)27(28,29)30/h2-7,12-13,15,22,35H,8-11,14,16,31H2,1H3,(H,32,33,37)/b12-7+/t22-/m0/s1. The second-order valence-electron chi connectivity index (χ2n) is 9.89. The first-order valence-electron chi connectivity index (χ1n) is 12.5. The molecule has 1 fully saturated rings. The fourth-order valence-electron chi connectivity index (χ4n) is 4.66. The SMILES string of the molecule is Cc1cc(CC(=O)[C@@H](N)CO)ccc1/C=C/S(=O)(=O)N1CCC2(CC1)N=C(c1cccc(C(F)(F)F)c1)NC2=O. The number of aliphatic imine (C=N–C) groups is 1. The van der Waals surface area contributed by atoms with Gasteiger partial charge >= 0.3 is 6.18 Å². The third-order valence-corrected chi connectivity index (χ3v) is 8.66. The summed E-state index contributed by atoms with van der Waals surface area (Å²) in [6.45, 7) is 1.34. The highest BCUT2D eigenvalue weighted by Crippen LogP contribution is 2.34. The number of carbonyl (C=O) groups excluding carboxylic acids is 2. The Morgan fingerprint density at radius 2 is 1.93 bits per heavy atom. The van der Waals surface area contributed by atoms with Crippen molar-refractivity contribution in [2.24, 2.45) is 10.7 Å². The molecule has 0 bridgehead atoms. The van der Waals surface area contributed by atoms with Crippen LogP contribution in [-0.2, 0) is 32.2 Å². The predicted octanol–water partition coefficient (Wildman–Crippen LogP) is 2.16. The summed E-state index contributed by atoms with van der Waals surface area (Å²) in [6.07, 6.45) is -2.89. The molecule has 40 heavy (non-hydrogen) atoms. The molecule has 214 valence electrons. The van der Waals surface area contributed by atoms with E-state index in [1.165, 1.54) is 22.5 Å². The summed E-state index contributed by atoms with van der Waals surface area (Å²) in [5, 5.41) is 12.7. The summed E-state index contributed by atoms with van der Waals surface area (Å²) in [6, 6.07) is 8.67. The summed E-state index contributed by atoms with van der Waals surface area (Å²) >= 11 is 0. The number of carbonyl (C=O) groups is 2. The van der Waals surface area contributed by atoms with Gasteiger partial charge < -0.3 is 16.2 Å². The fraction of sp³-hybridized carbons (Fsp3) is 0.370. The van der Waals surface area contributed by atoms with E-state index in [9.17, 15) is 31.2 Å². The van der Waals surface area contributed by atoms with Crippen LogP contribution in [0.3, 0.4) is 0 Å². The predicted molar refractivity (Wildman–Crippen MR) is 143 cm³/mol. The maximum Gasteiger partial charge on any atom is 0.416 e. The van der Waals surface area contributed by atoms with Crippen LogP contribution < -0.4 is 11.1 Å². The molecule has 0 aromatic heterocycles. The third-order valence-electron chi connectivity index (χ3n) is 7.10. The minimum absolute atomic E-state index is 0.00457. The molecule has 0 aliphatic carbocycles. The molecule has 0 unspecified atom stereocenters. The van der Waals surface area contributed by atoms with Crippen LogP contribution in [0, 0.1) is 6.92 Å². The number of aryl methyl sites for hydroxylation is 1. The number of aliphatic hydroxyl groups excluding tert-OH is 1. The normalized spacial score (nSPS) is 18.6. The van der Waals surface area contributed by atoms with Gasteiger partial charge in [-0.05, 0) is 54.7 Å². The summed E-state index contributed by atoms with van der Waals surface area (Å²) in [4.78, 5) is 29.2. The number of aliphatic hydroxyl groups is 1. The Morgan fingerprint density at radius 1 is 1.23 bits per heavy atom. The van der Waals surface area contributed by atoms with Crippen molar-refractivity contribution in [3.63, 3.8) is 0 Å². The number of rotatable bonds is 8. The summed E-state index contributed by atoms with van der Waals surface area (Å²) < 4.78 is 66.6. The Balaban J connectivity index is 1.43. The lowest BCUT2D eigenvalue weighted by atomic mass is 9.89. The van der Waals surface area contributed by atoms with Gasteiger partial charge in [-0.25, -0.2) is 8.42 Å². The van der Waals surface area contributed by atoms with E-state index in [2.05, 4.69) is 10.3 Å². The van der Waals surface area contributed by atoms with Crippen molar-refractivity contribution in [2.75, 3.05) is 19.7 Å². The number of Topliss-reactive ketones (excluding diaryl/α,β-unsaturated/α-hetero) is 1. The molecule has 9 nitrogen and oxygen atoms in total. The minimum atomic E-state index is -4.54. The van der Waals surface area contributed by atoms with Crippen LogP contribution in [0.2, 0.25) is 0 Å². The lowest BCUT2D eigenvalue weighted by molar-refractivity contribution is -0.137. The second kappa shape index (κ2) is 11.2. The smallest absolute Gasteiger partial charge is 0.394 e. The van der Waals surface area contributed by atoms with E-state index in [0.717, 1.165) is 23.1 Å². The first kappa shape index (κ1) is 29.6. The van der Waals surface area contributed by atoms with Crippen molar-refractivity contribution in [1.82, 2.24) is 9.62 Å². The number of hydrogen-bond donors (Lipinski definition) is 3. The number of nitrogens with zero attached hydrogens (tertiary/aromatic N) is 2. The quantitative estimate of drug-likeness (QED) is 0.438. The van der Waals surface area contributed by atoms with Gasteiger partial charge in [-0.1, -0.05) is 30.3 Å². The van der Waals surface area contributed by atoms with Crippen LogP contribution in [0.15, 0.2) is 52.9 Å². The number of sulfonamides is 1. The zero-order valence-electron chi connectivity index (χ0n) is 21.6. The Bertz CT molecular complexity index is 1480. The fourth-order valence-corrected chi connectivity index (χ4v) is 5.84. The molecule has 2 aromatic rings. The lowest BCUT2D eigenvalue weighted by Crippen LogP contribution is -2.50. The molecule has 0 radical (unpaired) electrons. The highest BCUT2D eigenvalue weighted by Gasteiger charge is 2.47. The molecular weight excluding hydrogens is 549 g/mol. The Morgan fingerprint density at radius 3 is 2.55 bits per heavy atom. The van der Waals surface area contributed by atoms with Gasteiger partial charge in [0.2, 0.25) is 10.0 Å². The van der Waals surface area contributed by atoms with Crippen LogP contribution in [-0.4, -0.2) is 66.6 Å². The zero-order valence-corrected chi connectivity index (χ0v) is 22.4. The Hall–Kier alpha value is -3.39. The first-order valence-corrected chi connectivity index (χ1v) is 14.0. The number of benzene rings is 2. The van der Waals surface area contributed by atoms with Crippen molar-refractivity contribution in [3.05, 3.63) is 75.7 Å². The maximum absolute atomic E-state index is 13.1. The molecule has 1 amide bonds. The molecule has 2 aliphatic rings. The van der Waals surface area contributed by atoms with Gasteiger partial charge in [0.05, 0.1) is 18.2 Å². The number of nitrogens with one attached hydrogen (secondary N) is 1. The minimum Gasteiger partial charge on any atom is -0.394 e. The maximum atomic E-state index is 13.1. The lowest BCUT2D eigenvalue weighted by Gasteiger charge is -2.34. The number of alkyl halides is 3. The van der Waals surface area contributed by atoms with Crippen molar-refractivity contribution in [3.8, 4) is 0 Å². The van der Waals surface area contributed by atoms with Crippen molar-refractivity contribution in [1.29, 1.82) is 0 Å². The molecule has 2 aromatic carbocycles. The second-order valence-corrected chi connectivity index (χ2v) is 11.7. The molecule has 2 aliphatic heterocycles. The Labute approximate surface area is 229 Å². The largest absolute Gasteiger partial charge is 0.416 e. The van der Waals surface area contributed by atoms with Crippen LogP contribution >= 0.6 is 0 Å². The monoisotopic (exact) mass is 578 g/mol. The molecule has 1 saturated heterocycles. The molecule has 13 heteroatoms. The molecule has 0 saturated carbocycles. The number of amidine groups is 1. The number of nitrogens with two attached hydrogens (primary N) is 1. The van der Waals surface area contributed by atoms with Crippen LogP contribution in [0.1, 0.15) is 40.7 Å². The van der Waals surface area contributed by atoms with Crippen molar-refractivity contribution < 1.29 is 36.3 Å². The van der Waals surface area contributed by atoms with Gasteiger partial charge in [-0.15, -0.1) is 0 Å². The first-order chi connectivity index (χ1) is 18.7. The summed E-state index contributed by atoms with van der Waals surface area (Å²) in [5.74, 6) is -0.745. The van der Waals surface area contributed by atoms with E-state index in [-0.39, 0.29) is 49.5 Å². The van der Waals surface area contributed by atoms with Gasteiger partial charge in [0.15, 0.2) is 5.78 Å². The number of halogens is 3. The molecule has 2 heterocycles. The number of ketones is 1. The van der Waals surface area contributed by atoms with Gasteiger partial charge in [0.1, 0.15) is 11.4 Å². The van der Waals surface area contributed by atoms with Gasteiger partial charge in [0, 0.05) is 30.5 Å². The van der Waals surface area contributed by atoms with Crippen molar-refractivity contribution in [2.45, 2.75) is 43.9 Å². The van der Waals surface area contributed by atoms with E-state index in [4.69, 9.17) is 10.8 Å². The van der Waals surface area contributed by atoms with E-state index in [1.807, 2.05) is 0 Å². The number of piperidine rings is 1. The van der Waals surface area contributed by atoms with Crippen molar-refractivity contribution >= 4 is 33.6 Å². The third kappa shape index (κ3) is 6.33. The zero-order chi connectivity index (χ0) is 29.3. The van der Waals surface area contributed by atoms with E-state index in [1.54, 1.807) is 25.1 Å². The molecule has 1 spiro atoms.